The van der Waals surface area contributed by atoms with Crippen molar-refractivity contribution < 1.29 is 4.52 Å². The number of hydrogen-bond donors (Lipinski definition) is 1. The summed E-state index contributed by atoms with van der Waals surface area (Å²) in [6.45, 7) is 5.05. The fourth-order valence-electron chi connectivity index (χ4n) is 2.12. The monoisotopic (exact) mass is 319 g/mol. The van der Waals surface area contributed by atoms with Gasteiger partial charge in [-0.15, -0.1) is 11.3 Å². The molecule has 7 nitrogen and oxygen atoms in total. The zero-order valence-corrected chi connectivity index (χ0v) is 13.5. The molecule has 0 aliphatic rings. The van der Waals surface area contributed by atoms with E-state index in [0.717, 1.165) is 5.52 Å². The van der Waals surface area contributed by atoms with Crippen LogP contribution in [0.3, 0.4) is 0 Å². The number of thiophene rings is 1. The molecule has 3 aromatic rings. The Morgan fingerprint density at radius 3 is 2.91 bits per heavy atom. The van der Waals surface area contributed by atoms with Crippen LogP contribution < -0.4 is 5.56 Å². The number of hydrogen-bond acceptors (Lipinski definition) is 7. The van der Waals surface area contributed by atoms with Crippen LogP contribution in [0.25, 0.3) is 10.2 Å². The topological polar surface area (TPSA) is 87.9 Å². The third-order valence-electron chi connectivity index (χ3n) is 3.17. The third-order valence-corrected chi connectivity index (χ3v) is 4.08. The van der Waals surface area contributed by atoms with Gasteiger partial charge in [0.25, 0.3) is 5.56 Å². The van der Waals surface area contributed by atoms with Crippen molar-refractivity contribution in [2.24, 2.45) is 0 Å². The van der Waals surface area contributed by atoms with Crippen molar-refractivity contribution in [3.63, 3.8) is 0 Å². The quantitative estimate of drug-likeness (QED) is 0.775. The molecule has 0 radical (unpaired) electrons. The van der Waals surface area contributed by atoms with Crippen molar-refractivity contribution in [2.45, 2.75) is 32.9 Å². The molecule has 0 amide bonds. The van der Waals surface area contributed by atoms with Crippen LogP contribution in [0.4, 0.5) is 0 Å². The summed E-state index contributed by atoms with van der Waals surface area (Å²) in [6.07, 6.45) is 0. The van der Waals surface area contributed by atoms with Crippen molar-refractivity contribution in [2.75, 3.05) is 7.05 Å². The highest BCUT2D eigenvalue weighted by Gasteiger charge is 2.13. The van der Waals surface area contributed by atoms with Gasteiger partial charge in [-0.3, -0.25) is 9.69 Å². The van der Waals surface area contributed by atoms with Gasteiger partial charge in [-0.25, -0.2) is 4.98 Å². The van der Waals surface area contributed by atoms with Crippen LogP contribution in [-0.2, 0) is 13.1 Å². The molecule has 3 aromatic heterocycles. The number of rotatable bonds is 5. The van der Waals surface area contributed by atoms with Crippen LogP contribution in [0.2, 0.25) is 0 Å². The van der Waals surface area contributed by atoms with E-state index in [1.165, 1.54) is 11.3 Å². The summed E-state index contributed by atoms with van der Waals surface area (Å²) in [6, 6.07) is 1.85. The maximum Gasteiger partial charge on any atom is 0.268 e. The van der Waals surface area contributed by atoms with Crippen molar-refractivity contribution in [3.05, 3.63) is 39.3 Å². The summed E-state index contributed by atoms with van der Waals surface area (Å²) in [7, 11) is 1.92. The van der Waals surface area contributed by atoms with Crippen molar-refractivity contribution in [1.82, 2.24) is 25.0 Å². The summed E-state index contributed by atoms with van der Waals surface area (Å²) in [5.74, 6) is 2.11. The first-order valence-electron chi connectivity index (χ1n) is 7.00. The molecular formula is C14H17N5O2S. The molecular weight excluding hydrogens is 302 g/mol. The van der Waals surface area contributed by atoms with Gasteiger partial charge in [0.1, 0.15) is 10.5 Å². The molecule has 0 unspecified atom stereocenters. The summed E-state index contributed by atoms with van der Waals surface area (Å²) in [5, 5.41) is 5.83. The van der Waals surface area contributed by atoms with Gasteiger partial charge in [0, 0.05) is 5.92 Å². The highest BCUT2D eigenvalue weighted by Crippen LogP contribution is 2.15. The molecule has 3 heterocycles. The number of H-pyrrole nitrogens is 1. The summed E-state index contributed by atoms with van der Waals surface area (Å²) in [5.41, 5.74) is 0.642. The molecule has 0 saturated carbocycles. The molecule has 3 rings (SSSR count). The first-order chi connectivity index (χ1) is 10.5. The number of nitrogens with one attached hydrogen (secondary N) is 1. The lowest BCUT2D eigenvalue weighted by atomic mass is 10.2. The van der Waals surface area contributed by atoms with Crippen molar-refractivity contribution in [1.29, 1.82) is 0 Å². The Kier molecular flexibility index (Phi) is 4.04. The molecule has 8 heteroatoms. The summed E-state index contributed by atoms with van der Waals surface area (Å²) in [4.78, 5) is 25.5. The molecule has 0 spiro atoms. The highest BCUT2D eigenvalue weighted by atomic mass is 32.1. The highest BCUT2D eigenvalue weighted by molar-refractivity contribution is 7.17. The molecule has 0 atom stereocenters. The van der Waals surface area contributed by atoms with Gasteiger partial charge >= 0.3 is 0 Å². The predicted molar refractivity (Wildman–Crippen MR) is 83.8 cm³/mol. The maximum absolute atomic E-state index is 11.9. The van der Waals surface area contributed by atoms with E-state index in [1.807, 2.05) is 37.2 Å². The number of aromatic nitrogens is 4. The Bertz CT molecular complexity index is 835. The van der Waals surface area contributed by atoms with Crippen LogP contribution in [0.1, 0.15) is 37.3 Å². The number of nitrogens with zero attached hydrogens (tertiary/aromatic N) is 4. The minimum atomic E-state index is -0.0925. The van der Waals surface area contributed by atoms with Crippen LogP contribution in [-0.4, -0.2) is 32.1 Å². The fraction of sp³-hybridized carbons (Fsp3) is 0.429. The summed E-state index contributed by atoms with van der Waals surface area (Å²) < 4.78 is 5.84. The molecule has 0 aliphatic carbocycles. The van der Waals surface area contributed by atoms with E-state index in [1.54, 1.807) is 0 Å². The maximum atomic E-state index is 11.9. The lowest BCUT2D eigenvalue weighted by molar-refractivity contribution is 0.292. The van der Waals surface area contributed by atoms with Gasteiger partial charge in [0.15, 0.2) is 5.82 Å². The molecule has 1 N–H and O–H groups in total. The second kappa shape index (κ2) is 5.98. The lowest BCUT2D eigenvalue weighted by Gasteiger charge is -2.13. The Morgan fingerprint density at radius 2 is 2.18 bits per heavy atom. The van der Waals surface area contributed by atoms with Gasteiger partial charge in [0.2, 0.25) is 5.89 Å². The van der Waals surface area contributed by atoms with E-state index in [2.05, 4.69) is 20.1 Å². The van der Waals surface area contributed by atoms with Gasteiger partial charge in [-0.05, 0) is 18.5 Å². The van der Waals surface area contributed by atoms with Crippen LogP contribution in [0, 0.1) is 0 Å². The molecule has 22 heavy (non-hydrogen) atoms. The largest absolute Gasteiger partial charge is 0.339 e. The number of aromatic amines is 1. The van der Waals surface area contributed by atoms with Crippen molar-refractivity contribution >= 4 is 21.6 Å². The van der Waals surface area contributed by atoms with Gasteiger partial charge < -0.3 is 9.51 Å². The van der Waals surface area contributed by atoms with Crippen LogP contribution in [0.5, 0.6) is 0 Å². The lowest BCUT2D eigenvalue weighted by Crippen LogP contribution is -2.22. The Morgan fingerprint density at radius 1 is 1.36 bits per heavy atom. The average molecular weight is 319 g/mol. The van der Waals surface area contributed by atoms with E-state index in [0.29, 0.717) is 35.3 Å². The normalized spacial score (nSPS) is 11.9. The minimum Gasteiger partial charge on any atom is -0.339 e. The first-order valence-corrected chi connectivity index (χ1v) is 7.88. The minimum absolute atomic E-state index is 0.0925. The van der Waals surface area contributed by atoms with Crippen molar-refractivity contribution in [3.8, 4) is 0 Å². The standard InChI is InChI=1S/C14H17N5O2S/c1-8(2)14-17-11(18-21-14)7-19(3)6-10-15-9-4-5-22-12(9)13(20)16-10/h4-5,8H,6-7H2,1-3H3,(H,15,16,20). The Balaban J connectivity index is 1.72. The van der Waals surface area contributed by atoms with Crippen LogP contribution in [0.15, 0.2) is 20.8 Å². The molecule has 116 valence electrons. The zero-order chi connectivity index (χ0) is 15.7. The van der Waals surface area contributed by atoms with E-state index in [-0.39, 0.29) is 11.5 Å². The third kappa shape index (κ3) is 3.07. The van der Waals surface area contributed by atoms with E-state index in [9.17, 15) is 4.79 Å². The molecule has 0 fully saturated rings. The Labute approximate surface area is 131 Å². The molecule has 0 saturated heterocycles. The SMILES string of the molecule is CC(C)c1nc(CN(C)Cc2nc3ccsc3c(=O)[nH]2)no1. The van der Waals surface area contributed by atoms with E-state index >= 15 is 0 Å². The van der Waals surface area contributed by atoms with Crippen LogP contribution >= 0.6 is 11.3 Å². The van der Waals surface area contributed by atoms with Gasteiger partial charge in [-0.1, -0.05) is 19.0 Å². The molecule has 0 aliphatic heterocycles. The molecule has 0 aromatic carbocycles. The average Bonchev–Trinajstić information content (AvgIpc) is 3.07. The van der Waals surface area contributed by atoms with E-state index < -0.39 is 0 Å². The number of fused-ring (bicyclic) bond motifs is 1. The van der Waals surface area contributed by atoms with Gasteiger partial charge in [0.05, 0.1) is 18.6 Å². The van der Waals surface area contributed by atoms with Gasteiger partial charge in [-0.2, -0.15) is 4.98 Å². The predicted octanol–water partition coefficient (Wildman–Crippen LogP) is 2.12. The van der Waals surface area contributed by atoms with E-state index in [4.69, 9.17) is 4.52 Å². The summed E-state index contributed by atoms with van der Waals surface area (Å²) >= 11 is 1.40. The second-order valence-electron chi connectivity index (χ2n) is 5.52. The molecule has 0 bridgehead atoms. The Hall–Kier alpha value is -2.06. The fourth-order valence-corrected chi connectivity index (χ4v) is 2.84. The second-order valence-corrected chi connectivity index (χ2v) is 6.44. The smallest absolute Gasteiger partial charge is 0.268 e. The zero-order valence-electron chi connectivity index (χ0n) is 12.7. The first kappa shape index (κ1) is 14.9.